The summed E-state index contributed by atoms with van der Waals surface area (Å²) in [7, 11) is 0. The van der Waals surface area contributed by atoms with Gasteiger partial charge in [0.05, 0.1) is 6.04 Å². The first-order chi connectivity index (χ1) is 9.61. The molecule has 2 rings (SSSR count). The van der Waals surface area contributed by atoms with E-state index in [2.05, 4.69) is 10.1 Å². The third kappa shape index (κ3) is 3.55. The summed E-state index contributed by atoms with van der Waals surface area (Å²) in [5.74, 6) is 0.222. The van der Waals surface area contributed by atoms with Gasteiger partial charge < -0.3 is 10.1 Å². The first-order valence-electron chi connectivity index (χ1n) is 6.45. The number of para-hydroxylation sites is 1. The molecule has 2 aromatic rings. The second kappa shape index (κ2) is 6.81. The lowest BCUT2D eigenvalue weighted by molar-refractivity contribution is -0.0506. The fourth-order valence-corrected chi connectivity index (χ4v) is 3.07. The second-order valence-electron chi connectivity index (χ2n) is 4.36. The van der Waals surface area contributed by atoms with E-state index in [1.54, 1.807) is 23.5 Å². The summed E-state index contributed by atoms with van der Waals surface area (Å²) in [6.07, 6.45) is 0. The Morgan fingerprint density at radius 2 is 1.95 bits per heavy atom. The molecule has 0 amide bonds. The lowest BCUT2D eigenvalue weighted by Gasteiger charge is -2.20. The number of hydrogen-bond donors (Lipinski definition) is 1. The van der Waals surface area contributed by atoms with E-state index in [0.29, 0.717) is 0 Å². The Labute approximate surface area is 121 Å². The SMILES string of the molecule is CCNC(c1ccc(C)s1)c1ccccc1OC(F)F. The van der Waals surface area contributed by atoms with E-state index < -0.39 is 6.61 Å². The maximum absolute atomic E-state index is 12.5. The van der Waals surface area contributed by atoms with Crippen LogP contribution in [0.25, 0.3) is 0 Å². The number of nitrogens with one attached hydrogen (secondary N) is 1. The molecule has 0 aliphatic rings. The lowest BCUT2D eigenvalue weighted by Crippen LogP contribution is -2.22. The summed E-state index contributed by atoms with van der Waals surface area (Å²) in [5.41, 5.74) is 0.733. The van der Waals surface area contributed by atoms with Crippen LogP contribution in [0.15, 0.2) is 36.4 Å². The average Bonchev–Trinajstić information content (AvgIpc) is 2.83. The lowest BCUT2D eigenvalue weighted by atomic mass is 10.0. The van der Waals surface area contributed by atoms with Crippen molar-refractivity contribution >= 4 is 11.3 Å². The minimum Gasteiger partial charge on any atom is -0.434 e. The molecule has 0 spiro atoms. The maximum atomic E-state index is 12.5. The van der Waals surface area contributed by atoms with E-state index in [4.69, 9.17) is 0 Å². The summed E-state index contributed by atoms with van der Waals surface area (Å²) in [5, 5.41) is 3.33. The van der Waals surface area contributed by atoms with Gasteiger partial charge in [0.1, 0.15) is 5.75 Å². The molecule has 2 nitrogen and oxygen atoms in total. The standard InChI is InChI=1S/C15H17F2NOS/c1-3-18-14(13-9-8-10(2)20-13)11-6-4-5-7-12(11)19-15(16)17/h4-9,14-15,18H,3H2,1-2H3. The highest BCUT2D eigenvalue weighted by Gasteiger charge is 2.20. The van der Waals surface area contributed by atoms with Crippen LogP contribution in [-0.4, -0.2) is 13.2 Å². The van der Waals surface area contributed by atoms with E-state index in [1.807, 2.05) is 38.1 Å². The van der Waals surface area contributed by atoms with Crippen LogP contribution in [-0.2, 0) is 0 Å². The molecule has 1 atom stereocenters. The molecular formula is C15H17F2NOS. The predicted octanol–water partition coefficient (Wildman–Crippen LogP) is 4.36. The summed E-state index contributed by atoms with van der Waals surface area (Å²) in [4.78, 5) is 2.28. The minimum atomic E-state index is -2.82. The highest BCUT2D eigenvalue weighted by molar-refractivity contribution is 7.12. The van der Waals surface area contributed by atoms with E-state index in [-0.39, 0.29) is 11.8 Å². The monoisotopic (exact) mass is 297 g/mol. The molecule has 0 radical (unpaired) electrons. The van der Waals surface area contributed by atoms with Gasteiger partial charge in [0.15, 0.2) is 0 Å². The molecule has 0 saturated heterocycles. The van der Waals surface area contributed by atoms with Crippen LogP contribution in [0, 0.1) is 6.92 Å². The van der Waals surface area contributed by atoms with Crippen molar-refractivity contribution in [3.05, 3.63) is 51.7 Å². The van der Waals surface area contributed by atoms with Crippen LogP contribution < -0.4 is 10.1 Å². The highest BCUT2D eigenvalue weighted by atomic mass is 32.1. The van der Waals surface area contributed by atoms with Crippen molar-refractivity contribution in [1.82, 2.24) is 5.32 Å². The van der Waals surface area contributed by atoms with Gasteiger partial charge in [0.2, 0.25) is 0 Å². The highest BCUT2D eigenvalue weighted by Crippen LogP contribution is 2.34. The quantitative estimate of drug-likeness (QED) is 0.855. The van der Waals surface area contributed by atoms with Gasteiger partial charge in [-0.15, -0.1) is 11.3 Å². The molecule has 0 fully saturated rings. The van der Waals surface area contributed by atoms with Gasteiger partial charge in [0.25, 0.3) is 0 Å². The molecular weight excluding hydrogens is 280 g/mol. The molecule has 0 aliphatic heterocycles. The van der Waals surface area contributed by atoms with Crippen LogP contribution in [0.4, 0.5) is 8.78 Å². The van der Waals surface area contributed by atoms with Gasteiger partial charge in [-0.1, -0.05) is 25.1 Å². The summed E-state index contributed by atoms with van der Waals surface area (Å²) < 4.78 is 29.7. The molecule has 1 N–H and O–H groups in total. The molecule has 20 heavy (non-hydrogen) atoms. The number of ether oxygens (including phenoxy) is 1. The molecule has 1 aromatic heterocycles. The molecule has 1 heterocycles. The third-order valence-corrected chi connectivity index (χ3v) is 3.97. The van der Waals surface area contributed by atoms with Gasteiger partial charge in [-0.25, -0.2) is 0 Å². The van der Waals surface area contributed by atoms with Gasteiger partial charge in [-0.05, 0) is 31.7 Å². The Morgan fingerprint density at radius 3 is 2.55 bits per heavy atom. The molecule has 108 valence electrons. The van der Waals surface area contributed by atoms with E-state index >= 15 is 0 Å². The van der Waals surface area contributed by atoms with Crippen molar-refractivity contribution in [3.8, 4) is 5.75 Å². The van der Waals surface area contributed by atoms with Crippen molar-refractivity contribution < 1.29 is 13.5 Å². The number of halogens is 2. The number of benzene rings is 1. The van der Waals surface area contributed by atoms with E-state index in [1.165, 1.54) is 4.88 Å². The number of alkyl halides is 2. The molecule has 5 heteroatoms. The van der Waals surface area contributed by atoms with Crippen LogP contribution in [0.1, 0.15) is 28.3 Å². The van der Waals surface area contributed by atoms with E-state index in [0.717, 1.165) is 17.0 Å². The van der Waals surface area contributed by atoms with Crippen molar-refractivity contribution in [2.24, 2.45) is 0 Å². The summed E-state index contributed by atoms with van der Waals surface area (Å²) >= 11 is 1.65. The fraction of sp³-hybridized carbons (Fsp3) is 0.333. The van der Waals surface area contributed by atoms with Gasteiger partial charge in [-0.2, -0.15) is 8.78 Å². The third-order valence-electron chi connectivity index (χ3n) is 2.90. The van der Waals surface area contributed by atoms with E-state index in [9.17, 15) is 8.78 Å². The van der Waals surface area contributed by atoms with Crippen LogP contribution in [0.3, 0.4) is 0 Å². The van der Waals surface area contributed by atoms with Gasteiger partial charge in [0, 0.05) is 15.3 Å². The Balaban J connectivity index is 2.38. The first kappa shape index (κ1) is 14.9. The zero-order valence-corrected chi connectivity index (χ0v) is 12.2. The first-order valence-corrected chi connectivity index (χ1v) is 7.27. The Kier molecular flexibility index (Phi) is 5.09. The molecule has 1 unspecified atom stereocenters. The van der Waals surface area contributed by atoms with Crippen LogP contribution >= 0.6 is 11.3 Å². The maximum Gasteiger partial charge on any atom is 0.387 e. The molecule has 0 aliphatic carbocycles. The predicted molar refractivity (Wildman–Crippen MR) is 77.6 cm³/mol. The smallest absolute Gasteiger partial charge is 0.387 e. The Hall–Kier alpha value is -1.46. The van der Waals surface area contributed by atoms with Crippen LogP contribution in [0.2, 0.25) is 0 Å². The van der Waals surface area contributed by atoms with Crippen molar-refractivity contribution in [2.45, 2.75) is 26.5 Å². The second-order valence-corrected chi connectivity index (χ2v) is 5.67. The van der Waals surface area contributed by atoms with Crippen molar-refractivity contribution in [2.75, 3.05) is 6.54 Å². The Morgan fingerprint density at radius 1 is 1.20 bits per heavy atom. The average molecular weight is 297 g/mol. The number of rotatable bonds is 6. The van der Waals surface area contributed by atoms with Gasteiger partial charge >= 0.3 is 6.61 Å². The summed E-state index contributed by atoms with van der Waals surface area (Å²) in [6.45, 7) is 1.94. The zero-order valence-electron chi connectivity index (χ0n) is 11.4. The number of thiophene rings is 1. The number of hydrogen-bond acceptors (Lipinski definition) is 3. The molecule has 1 aromatic carbocycles. The van der Waals surface area contributed by atoms with Crippen LogP contribution in [0.5, 0.6) is 5.75 Å². The van der Waals surface area contributed by atoms with Crippen molar-refractivity contribution in [3.63, 3.8) is 0 Å². The minimum absolute atomic E-state index is 0.131. The Bertz CT molecular complexity index is 556. The number of aryl methyl sites for hydroxylation is 1. The summed E-state index contributed by atoms with van der Waals surface area (Å²) in [6, 6.07) is 10.8. The zero-order chi connectivity index (χ0) is 14.5. The fourth-order valence-electron chi connectivity index (χ4n) is 2.10. The topological polar surface area (TPSA) is 21.3 Å². The largest absolute Gasteiger partial charge is 0.434 e. The van der Waals surface area contributed by atoms with Gasteiger partial charge in [-0.3, -0.25) is 0 Å². The van der Waals surface area contributed by atoms with Crippen molar-refractivity contribution in [1.29, 1.82) is 0 Å². The normalized spacial score (nSPS) is 12.7. The molecule has 0 saturated carbocycles. The molecule has 0 bridgehead atoms.